The number of hydrogen-bond acceptors (Lipinski definition) is 4. The summed E-state index contributed by atoms with van der Waals surface area (Å²) in [5.74, 6) is 0.158. The summed E-state index contributed by atoms with van der Waals surface area (Å²) in [7, 11) is 1.84. The van der Waals surface area contributed by atoms with Crippen LogP contribution in [-0.4, -0.2) is 35.4 Å². The summed E-state index contributed by atoms with van der Waals surface area (Å²) < 4.78 is 1.16. The Labute approximate surface area is 110 Å². The van der Waals surface area contributed by atoms with Crippen LogP contribution in [0.25, 0.3) is 10.2 Å². The van der Waals surface area contributed by atoms with Gasteiger partial charge in [0.25, 0.3) is 0 Å². The van der Waals surface area contributed by atoms with E-state index in [9.17, 15) is 4.79 Å². The zero-order chi connectivity index (χ0) is 12.7. The molecular formula is C13H15N3OS. The lowest BCUT2D eigenvalue weighted by Gasteiger charge is -2.10. The molecule has 18 heavy (non-hydrogen) atoms. The van der Waals surface area contributed by atoms with Gasteiger partial charge in [-0.25, -0.2) is 4.98 Å². The van der Waals surface area contributed by atoms with Gasteiger partial charge in [-0.3, -0.25) is 4.79 Å². The molecule has 1 fully saturated rings. The first-order chi connectivity index (χ1) is 8.65. The summed E-state index contributed by atoms with van der Waals surface area (Å²) in [6.45, 7) is 2.88. The molecule has 1 aliphatic rings. The van der Waals surface area contributed by atoms with Gasteiger partial charge in [0.2, 0.25) is 5.91 Å². The molecule has 1 aromatic heterocycles. The number of likely N-dealkylation sites (tertiary alicyclic amines) is 1. The number of aromatic nitrogens is 1. The molecule has 0 radical (unpaired) electrons. The fourth-order valence-corrected chi connectivity index (χ4v) is 3.25. The molecule has 2 aromatic rings. The summed E-state index contributed by atoms with van der Waals surface area (Å²) in [5, 5.41) is 4.09. The molecule has 5 heteroatoms. The van der Waals surface area contributed by atoms with Crippen LogP contribution < -0.4 is 5.32 Å². The number of anilines is 1. The first-order valence-corrected chi connectivity index (χ1v) is 6.84. The first-order valence-electron chi connectivity index (χ1n) is 6.03. The molecule has 1 aliphatic heterocycles. The van der Waals surface area contributed by atoms with Crippen LogP contribution in [0.4, 0.5) is 5.13 Å². The summed E-state index contributed by atoms with van der Waals surface area (Å²) in [4.78, 5) is 18.2. The number of nitrogens with one attached hydrogen (secondary N) is 1. The van der Waals surface area contributed by atoms with Gasteiger partial charge in [0.15, 0.2) is 5.13 Å². The van der Waals surface area contributed by atoms with E-state index >= 15 is 0 Å². The average molecular weight is 261 g/mol. The van der Waals surface area contributed by atoms with Crippen molar-refractivity contribution >= 4 is 32.6 Å². The number of hydrogen-bond donors (Lipinski definition) is 1. The molecule has 0 bridgehead atoms. The summed E-state index contributed by atoms with van der Waals surface area (Å²) in [6, 6.07) is 6.04. The molecule has 3 rings (SSSR count). The molecule has 1 saturated heterocycles. The Hall–Kier alpha value is -1.62. The van der Waals surface area contributed by atoms with Crippen molar-refractivity contribution in [1.82, 2.24) is 9.88 Å². The van der Waals surface area contributed by atoms with E-state index in [1.165, 1.54) is 5.56 Å². The van der Waals surface area contributed by atoms with Crippen molar-refractivity contribution in [1.29, 1.82) is 0 Å². The number of thiazole rings is 1. The molecule has 0 saturated carbocycles. The summed E-state index contributed by atoms with van der Waals surface area (Å²) in [5.41, 5.74) is 2.20. The molecule has 0 aliphatic carbocycles. The highest BCUT2D eigenvalue weighted by atomic mass is 32.1. The molecule has 2 heterocycles. The lowest BCUT2D eigenvalue weighted by atomic mass is 10.2. The van der Waals surface area contributed by atoms with Gasteiger partial charge in [-0.2, -0.15) is 0 Å². The van der Waals surface area contributed by atoms with E-state index in [0.29, 0.717) is 0 Å². The largest absolute Gasteiger partial charge is 0.350 e. The second-order valence-corrected chi connectivity index (χ2v) is 5.72. The number of carbonyl (C=O) groups is 1. The van der Waals surface area contributed by atoms with Gasteiger partial charge in [0.1, 0.15) is 6.04 Å². The number of likely N-dealkylation sites (N-methyl/N-ethyl adjacent to an activating group) is 1. The topological polar surface area (TPSA) is 45.2 Å². The smallest absolute Gasteiger partial charge is 0.244 e. The number of fused-ring (bicyclic) bond motifs is 1. The first kappa shape index (κ1) is 11.5. The number of carbonyl (C=O) groups excluding carboxylic acids is 1. The van der Waals surface area contributed by atoms with E-state index in [1.807, 2.05) is 13.1 Å². The van der Waals surface area contributed by atoms with Gasteiger partial charge >= 0.3 is 0 Å². The minimum absolute atomic E-state index is 0.115. The van der Waals surface area contributed by atoms with Crippen LogP contribution in [-0.2, 0) is 4.79 Å². The lowest BCUT2D eigenvalue weighted by molar-refractivity contribution is -0.127. The normalized spacial score (nSPS) is 19.8. The maximum Gasteiger partial charge on any atom is 0.244 e. The molecule has 1 amide bonds. The van der Waals surface area contributed by atoms with Gasteiger partial charge in [0, 0.05) is 13.6 Å². The Morgan fingerprint density at radius 3 is 3.00 bits per heavy atom. The maximum absolute atomic E-state index is 11.8. The van der Waals surface area contributed by atoms with Gasteiger partial charge in [0.05, 0.1) is 10.2 Å². The Morgan fingerprint density at radius 2 is 2.33 bits per heavy atom. The third-order valence-corrected chi connectivity index (χ3v) is 4.30. The quantitative estimate of drug-likeness (QED) is 0.902. The number of nitrogens with zero attached hydrogens (tertiary/aromatic N) is 2. The van der Waals surface area contributed by atoms with E-state index in [0.717, 1.165) is 28.3 Å². The monoisotopic (exact) mass is 261 g/mol. The fraction of sp³-hybridized carbons (Fsp3) is 0.385. The molecule has 1 atom stereocenters. The predicted octanol–water partition coefficient (Wildman–Crippen LogP) is 2.25. The van der Waals surface area contributed by atoms with Gasteiger partial charge in [-0.1, -0.05) is 23.5 Å². The van der Waals surface area contributed by atoms with Crippen molar-refractivity contribution in [2.24, 2.45) is 0 Å². The SMILES string of the molecule is Cc1cccc2sc(NC3CCN(C)C3=O)nc12. The molecule has 1 aromatic carbocycles. The number of benzene rings is 1. The van der Waals surface area contributed by atoms with Gasteiger partial charge in [-0.15, -0.1) is 0 Å². The summed E-state index contributed by atoms with van der Waals surface area (Å²) >= 11 is 1.61. The average Bonchev–Trinajstić information content (AvgIpc) is 2.89. The fourth-order valence-electron chi connectivity index (χ4n) is 2.25. The molecule has 4 nitrogen and oxygen atoms in total. The minimum atomic E-state index is -0.115. The third kappa shape index (κ3) is 1.84. The van der Waals surface area contributed by atoms with Gasteiger partial charge < -0.3 is 10.2 Å². The van der Waals surface area contributed by atoms with Crippen molar-refractivity contribution < 1.29 is 4.79 Å². The van der Waals surface area contributed by atoms with Crippen molar-refractivity contribution in [2.75, 3.05) is 18.9 Å². The molecule has 1 N–H and O–H groups in total. The highest BCUT2D eigenvalue weighted by Gasteiger charge is 2.29. The number of para-hydroxylation sites is 1. The molecule has 94 valence electrons. The van der Waals surface area contributed by atoms with E-state index < -0.39 is 0 Å². The van der Waals surface area contributed by atoms with Crippen LogP contribution in [0, 0.1) is 6.92 Å². The second-order valence-electron chi connectivity index (χ2n) is 4.69. The number of rotatable bonds is 2. The Balaban J connectivity index is 1.87. The van der Waals surface area contributed by atoms with Crippen molar-refractivity contribution in [3.8, 4) is 0 Å². The van der Waals surface area contributed by atoms with Crippen molar-refractivity contribution in [3.05, 3.63) is 23.8 Å². The van der Waals surface area contributed by atoms with E-state index in [4.69, 9.17) is 0 Å². The Kier molecular flexibility index (Phi) is 2.70. The van der Waals surface area contributed by atoms with Crippen LogP contribution in [0.1, 0.15) is 12.0 Å². The highest BCUT2D eigenvalue weighted by Crippen LogP contribution is 2.29. The highest BCUT2D eigenvalue weighted by molar-refractivity contribution is 7.22. The van der Waals surface area contributed by atoms with Crippen LogP contribution >= 0.6 is 11.3 Å². The Bertz CT molecular complexity index is 607. The zero-order valence-electron chi connectivity index (χ0n) is 10.4. The van der Waals surface area contributed by atoms with Crippen molar-refractivity contribution in [3.63, 3.8) is 0 Å². The van der Waals surface area contributed by atoms with Crippen LogP contribution in [0.3, 0.4) is 0 Å². The predicted molar refractivity (Wildman–Crippen MR) is 74.0 cm³/mol. The van der Waals surface area contributed by atoms with Crippen LogP contribution in [0.15, 0.2) is 18.2 Å². The van der Waals surface area contributed by atoms with Crippen LogP contribution in [0.5, 0.6) is 0 Å². The van der Waals surface area contributed by atoms with Crippen LogP contribution in [0.2, 0.25) is 0 Å². The molecule has 1 unspecified atom stereocenters. The summed E-state index contributed by atoms with van der Waals surface area (Å²) in [6.07, 6.45) is 0.851. The zero-order valence-corrected chi connectivity index (χ0v) is 11.3. The number of amides is 1. The Morgan fingerprint density at radius 1 is 1.50 bits per heavy atom. The van der Waals surface area contributed by atoms with Crippen molar-refractivity contribution in [2.45, 2.75) is 19.4 Å². The molecule has 0 spiro atoms. The number of aryl methyl sites for hydroxylation is 1. The van der Waals surface area contributed by atoms with Gasteiger partial charge in [-0.05, 0) is 25.0 Å². The van der Waals surface area contributed by atoms with E-state index in [2.05, 4.69) is 29.4 Å². The lowest BCUT2D eigenvalue weighted by Crippen LogP contribution is -2.30. The maximum atomic E-state index is 11.8. The van der Waals surface area contributed by atoms with E-state index in [-0.39, 0.29) is 11.9 Å². The molecular weight excluding hydrogens is 246 g/mol. The van der Waals surface area contributed by atoms with E-state index in [1.54, 1.807) is 16.2 Å². The minimum Gasteiger partial charge on any atom is -0.350 e. The standard InChI is InChI=1S/C13H15N3OS/c1-8-4-3-5-10-11(8)15-13(18-10)14-9-6-7-16(2)12(9)17/h3-5,9H,6-7H2,1-2H3,(H,14,15). The second kappa shape index (κ2) is 4.24. The third-order valence-electron chi connectivity index (χ3n) is 3.35.